The van der Waals surface area contributed by atoms with Crippen LogP contribution in [0.1, 0.15) is 10.5 Å². The van der Waals surface area contributed by atoms with Crippen molar-refractivity contribution >= 4 is 23.1 Å². The molecule has 6 heteroatoms. The summed E-state index contributed by atoms with van der Waals surface area (Å²) < 4.78 is 0. The van der Waals surface area contributed by atoms with E-state index < -0.39 is 0 Å². The maximum Gasteiger partial charge on any atom is 0.278 e. The van der Waals surface area contributed by atoms with Gasteiger partial charge in [0.1, 0.15) is 11.5 Å². The number of benzene rings is 1. The van der Waals surface area contributed by atoms with Crippen molar-refractivity contribution in [3.05, 3.63) is 42.4 Å². The lowest BCUT2D eigenvalue weighted by Crippen LogP contribution is -2.43. The fourth-order valence-corrected chi connectivity index (χ4v) is 2.30. The first-order valence-corrected chi connectivity index (χ1v) is 6.36. The van der Waals surface area contributed by atoms with Gasteiger partial charge in [-0.25, -0.2) is 9.97 Å². The second kappa shape index (κ2) is 4.80. The predicted molar refractivity (Wildman–Crippen MR) is 77.8 cm³/mol. The summed E-state index contributed by atoms with van der Waals surface area (Å²) in [6.07, 6.45) is 2.81. The second-order valence-electron chi connectivity index (χ2n) is 4.69. The number of aromatic nitrogens is 2. The Morgan fingerprint density at radius 3 is 2.60 bits per heavy atom. The lowest BCUT2D eigenvalue weighted by Gasteiger charge is -2.35. The lowest BCUT2D eigenvalue weighted by molar-refractivity contribution is 0.0981. The minimum absolute atomic E-state index is 0.155. The van der Waals surface area contributed by atoms with Crippen LogP contribution >= 0.6 is 0 Å². The average molecular weight is 269 g/mol. The summed E-state index contributed by atoms with van der Waals surface area (Å²) in [6.45, 7) is 1.41. The van der Waals surface area contributed by atoms with E-state index in [-0.39, 0.29) is 5.91 Å². The minimum atomic E-state index is -0.155. The number of carbonyl (C=O) groups excluding carboxylic acids is 1. The van der Waals surface area contributed by atoms with Gasteiger partial charge in [-0.1, -0.05) is 12.1 Å². The highest BCUT2D eigenvalue weighted by molar-refractivity contribution is 6.07. The van der Waals surface area contributed by atoms with Crippen molar-refractivity contribution in [2.75, 3.05) is 35.7 Å². The molecule has 2 aromatic rings. The Bertz CT molecular complexity index is 640. The van der Waals surface area contributed by atoms with E-state index in [2.05, 4.69) is 14.9 Å². The van der Waals surface area contributed by atoms with Crippen LogP contribution in [-0.2, 0) is 0 Å². The molecule has 2 heterocycles. The van der Waals surface area contributed by atoms with Gasteiger partial charge in [-0.15, -0.1) is 0 Å². The molecule has 0 atom stereocenters. The maximum absolute atomic E-state index is 12.5. The quantitative estimate of drug-likeness (QED) is 0.840. The summed E-state index contributed by atoms with van der Waals surface area (Å²) in [5.74, 6) is 0.151. The predicted octanol–water partition coefficient (Wildman–Crippen LogP) is 1.16. The Hall–Kier alpha value is -2.63. The standard InChI is InChI=1S/C14H15N5O/c1-18-6-7-19(12-5-3-2-4-11(12)18)14(20)10-8-17-13(15)9-16-10/h2-5,8-9H,6-7H2,1H3,(H2,15,17). The number of likely N-dealkylation sites (N-methyl/N-ethyl adjacent to an activating group) is 1. The van der Waals surface area contributed by atoms with Crippen molar-refractivity contribution in [2.45, 2.75) is 0 Å². The second-order valence-corrected chi connectivity index (χ2v) is 4.69. The fourth-order valence-electron chi connectivity index (χ4n) is 2.30. The number of para-hydroxylation sites is 2. The minimum Gasteiger partial charge on any atom is -0.382 e. The molecule has 0 bridgehead atoms. The highest BCUT2D eigenvalue weighted by Crippen LogP contribution is 2.32. The number of nitrogens with zero attached hydrogens (tertiary/aromatic N) is 4. The molecule has 1 aromatic carbocycles. The molecule has 0 fully saturated rings. The van der Waals surface area contributed by atoms with Crippen LogP contribution in [0.5, 0.6) is 0 Å². The van der Waals surface area contributed by atoms with Gasteiger partial charge in [0.2, 0.25) is 0 Å². The number of rotatable bonds is 1. The van der Waals surface area contributed by atoms with E-state index in [1.165, 1.54) is 12.4 Å². The molecule has 0 radical (unpaired) electrons. The Labute approximate surface area is 116 Å². The Balaban J connectivity index is 1.97. The van der Waals surface area contributed by atoms with Gasteiger partial charge in [-0.2, -0.15) is 0 Å². The van der Waals surface area contributed by atoms with Gasteiger partial charge in [0, 0.05) is 20.1 Å². The molecule has 2 N–H and O–H groups in total. The van der Waals surface area contributed by atoms with E-state index in [9.17, 15) is 4.79 Å². The zero-order valence-electron chi connectivity index (χ0n) is 11.2. The molecule has 102 valence electrons. The first-order valence-electron chi connectivity index (χ1n) is 6.36. The van der Waals surface area contributed by atoms with Gasteiger partial charge in [0.25, 0.3) is 5.91 Å². The highest BCUT2D eigenvalue weighted by atomic mass is 16.2. The van der Waals surface area contributed by atoms with Crippen LogP contribution in [0, 0.1) is 0 Å². The van der Waals surface area contributed by atoms with Crippen LogP contribution < -0.4 is 15.5 Å². The molecule has 1 aliphatic heterocycles. The normalized spacial score (nSPS) is 14.1. The van der Waals surface area contributed by atoms with Gasteiger partial charge in [0.05, 0.1) is 23.8 Å². The van der Waals surface area contributed by atoms with Crippen molar-refractivity contribution in [3.63, 3.8) is 0 Å². The SMILES string of the molecule is CN1CCN(C(=O)c2cnc(N)cn2)c2ccccc21. The van der Waals surface area contributed by atoms with E-state index in [1.807, 2.05) is 31.3 Å². The van der Waals surface area contributed by atoms with E-state index in [0.29, 0.717) is 18.1 Å². The smallest absolute Gasteiger partial charge is 0.278 e. The van der Waals surface area contributed by atoms with Crippen LogP contribution in [-0.4, -0.2) is 36.0 Å². The Morgan fingerprint density at radius 1 is 1.15 bits per heavy atom. The molecule has 0 saturated carbocycles. The van der Waals surface area contributed by atoms with Gasteiger partial charge in [-0.05, 0) is 12.1 Å². The van der Waals surface area contributed by atoms with Gasteiger partial charge in [0.15, 0.2) is 0 Å². The number of nitrogen functional groups attached to an aromatic ring is 1. The third kappa shape index (κ3) is 2.05. The van der Waals surface area contributed by atoms with Crippen molar-refractivity contribution in [1.29, 1.82) is 0 Å². The van der Waals surface area contributed by atoms with E-state index in [1.54, 1.807) is 4.90 Å². The summed E-state index contributed by atoms with van der Waals surface area (Å²) in [6, 6.07) is 7.83. The van der Waals surface area contributed by atoms with Gasteiger partial charge < -0.3 is 15.5 Å². The van der Waals surface area contributed by atoms with Crippen molar-refractivity contribution in [2.24, 2.45) is 0 Å². The van der Waals surface area contributed by atoms with Crippen molar-refractivity contribution in [1.82, 2.24) is 9.97 Å². The third-order valence-corrected chi connectivity index (χ3v) is 3.38. The molecule has 0 aliphatic carbocycles. The number of anilines is 3. The summed E-state index contributed by atoms with van der Waals surface area (Å²) in [5, 5.41) is 0. The number of nitrogens with two attached hydrogens (primary N) is 1. The summed E-state index contributed by atoms with van der Waals surface area (Å²) in [5.41, 5.74) is 7.73. The first-order chi connectivity index (χ1) is 9.66. The summed E-state index contributed by atoms with van der Waals surface area (Å²) in [4.78, 5) is 24.4. The highest BCUT2D eigenvalue weighted by Gasteiger charge is 2.26. The van der Waals surface area contributed by atoms with Crippen molar-refractivity contribution < 1.29 is 4.79 Å². The number of hydrogen-bond acceptors (Lipinski definition) is 5. The van der Waals surface area contributed by atoms with E-state index in [4.69, 9.17) is 5.73 Å². The van der Waals surface area contributed by atoms with Gasteiger partial charge >= 0.3 is 0 Å². The molecule has 1 aliphatic rings. The Kier molecular flexibility index (Phi) is 2.98. The molecule has 3 rings (SSSR count). The summed E-state index contributed by atoms with van der Waals surface area (Å²) in [7, 11) is 2.02. The number of amides is 1. The monoisotopic (exact) mass is 269 g/mol. The van der Waals surface area contributed by atoms with Crippen LogP contribution in [0.3, 0.4) is 0 Å². The maximum atomic E-state index is 12.5. The molecule has 0 saturated heterocycles. The van der Waals surface area contributed by atoms with Crippen LogP contribution in [0.25, 0.3) is 0 Å². The fraction of sp³-hybridized carbons (Fsp3) is 0.214. The number of hydrogen-bond donors (Lipinski definition) is 1. The molecule has 6 nitrogen and oxygen atoms in total. The van der Waals surface area contributed by atoms with Crippen molar-refractivity contribution in [3.8, 4) is 0 Å². The van der Waals surface area contributed by atoms with Crippen LogP contribution in [0.15, 0.2) is 36.7 Å². The molecular weight excluding hydrogens is 254 g/mol. The average Bonchev–Trinajstić information content (AvgIpc) is 2.48. The van der Waals surface area contributed by atoms with E-state index >= 15 is 0 Å². The summed E-state index contributed by atoms with van der Waals surface area (Å²) >= 11 is 0. The molecule has 20 heavy (non-hydrogen) atoms. The zero-order valence-corrected chi connectivity index (χ0v) is 11.2. The molecule has 0 unspecified atom stereocenters. The topological polar surface area (TPSA) is 75.3 Å². The molecule has 1 amide bonds. The molecule has 1 aromatic heterocycles. The van der Waals surface area contributed by atoms with Gasteiger partial charge in [-0.3, -0.25) is 4.79 Å². The Morgan fingerprint density at radius 2 is 1.90 bits per heavy atom. The van der Waals surface area contributed by atoms with E-state index in [0.717, 1.165) is 17.9 Å². The molecular formula is C14H15N5O. The largest absolute Gasteiger partial charge is 0.382 e. The van der Waals surface area contributed by atoms with Crippen LogP contribution in [0.4, 0.5) is 17.2 Å². The lowest BCUT2D eigenvalue weighted by atomic mass is 10.1. The third-order valence-electron chi connectivity index (χ3n) is 3.38. The van der Waals surface area contributed by atoms with Crippen LogP contribution in [0.2, 0.25) is 0 Å². The number of fused-ring (bicyclic) bond motifs is 1. The number of carbonyl (C=O) groups is 1. The zero-order chi connectivity index (χ0) is 14.1. The first kappa shape index (κ1) is 12.4. The molecule has 0 spiro atoms.